The molecular weight excluding hydrogens is 360 g/mol. The van der Waals surface area contributed by atoms with Gasteiger partial charge in [-0.25, -0.2) is 4.79 Å². The van der Waals surface area contributed by atoms with Gasteiger partial charge in [-0.2, -0.15) is 0 Å². The Hall–Kier alpha value is -1.44. The second-order valence-corrected chi connectivity index (χ2v) is 8.85. The van der Waals surface area contributed by atoms with E-state index >= 15 is 0 Å². The zero-order valence-corrected chi connectivity index (χ0v) is 17.0. The number of aliphatic hydroxyl groups is 1. The molecule has 4 aliphatic heterocycles. The molecule has 4 aliphatic rings. The van der Waals surface area contributed by atoms with E-state index in [9.17, 15) is 14.7 Å². The summed E-state index contributed by atoms with van der Waals surface area (Å²) < 4.78 is 11.1. The Morgan fingerprint density at radius 3 is 2.64 bits per heavy atom. The molecule has 0 saturated carbocycles. The molecule has 28 heavy (non-hydrogen) atoms. The molecule has 7 unspecified atom stereocenters. The fourth-order valence-electron chi connectivity index (χ4n) is 5.71. The van der Waals surface area contributed by atoms with Crippen LogP contribution in [-0.2, 0) is 19.1 Å². The molecule has 4 rings (SSSR count). The van der Waals surface area contributed by atoms with Gasteiger partial charge in [-0.05, 0) is 44.9 Å². The average Bonchev–Trinajstić information content (AvgIpc) is 2.71. The van der Waals surface area contributed by atoms with E-state index in [0.29, 0.717) is 42.5 Å². The molecular formula is C21H32N2O5. The number of esters is 1. The average molecular weight is 392 g/mol. The van der Waals surface area contributed by atoms with Crippen LogP contribution in [0.1, 0.15) is 39.5 Å². The van der Waals surface area contributed by atoms with E-state index in [1.807, 2.05) is 4.90 Å². The van der Waals surface area contributed by atoms with Gasteiger partial charge in [0.25, 0.3) is 5.91 Å². The summed E-state index contributed by atoms with van der Waals surface area (Å²) in [6.07, 6.45) is 3.65. The molecule has 0 aliphatic carbocycles. The van der Waals surface area contributed by atoms with Crippen LogP contribution in [0, 0.1) is 11.8 Å². The van der Waals surface area contributed by atoms with Crippen molar-refractivity contribution in [3.8, 4) is 0 Å². The van der Waals surface area contributed by atoms with E-state index in [0.717, 1.165) is 32.4 Å². The Labute approximate surface area is 166 Å². The smallest absolute Gasteiger partial charge is 0.333 e. The molecule has 1 N–H and O–H groups in total. The van der Waals surface area contributed by atoms with Gasteiger partial charge < -0.3 is 19.5 Å². The Morgan fingerprint density at radius 1 is 1.18 bits per heavy atom. The topological polar surface area (TPSA) is 79.3 Å². The van der Waals surface area contributed by atoms with Gasteiger partial charge in [0.2, 0.25) is 0 Å². The molecule has 156 valence electrons. The summed E-state index contributed by atoms with van der Waals surface area (Å²) in [5.74, 6) is 0.0595. The number of carbonyl (C=O) groups is 2. The molecule has 2 bridgehead atoms. The second kappa shape index (κ2) is 7.76. The zero-order valence-electron chi connectivity index (χ0n) is 17.0. The number of ether oxygens (including phenoxy) is 2. The number of piperidine rings is 4. The molecule has 0 radical (unpaired) electrons. The fraction of sp³-hybridized carbons (Fsp3) is 0.810. The highest BCUT2D eigenvalue weighted by Gasteiger charge is 2.53. The van der Waals surface area contributed by atoms with Crippen molar-refractivity contribution < 1.29 is 24.2 Å². The van der Waals surface area contributed by atoms with Crippen molar-refractivity contribution in [2.24, 2.45) is 11.8 Å². The predicted octanol–water partition coefficient (Wildman–Crippen LogP) is 0.955. The number of allylic oxidation sites excluding steroid dienone is 1. The Balaban J connectivity index is 1.50. The highest BCUT2D eigenvalue weighted by atomic mass is 16.6. The predicted molar refractivity (Wildman–Crippen MR) is 102 cm³/mol. The van der Waals surface area contributed by atoms with Crippen LogP contribution < -0.4 is 0 Å². The van der Waals surface area contributed by atoms with Gasteiger partial charge in [0.15, 0.2) is 6.10 Å². The molecule has 0 aromatic rings. The standard InChI is InChI=1S/C21H32N2O5/c1-4-12(2)21(26)28-18-9-17-13-7-14(11-23(17)20(25)19(18)24)16-8-15(27-3)5-6-22(16)10-13/h4,13-19,24H,5-11H2,1-3H3. The fourth-order valence-corrected chi connectivity index (χ4v) is 5.71. The molecule has 1 amide bonds. The SMILES string of the molecule is CC=C(C)C(=O)OC1CC2C3CC(CN2C(=O)C1O)C1CC(OC)CCN1C3. The molecule has 0 spiro atoms. The molecule has 4 heterocycles. The number of hydrogen-bond donors (Lipinski definition) is 1. The number of amides is 1. The molecule has 7 nitrogen and oxygen atoms in total. The van der Waals surface area contributed by atoms with Crippen molar-refractivity contribution in [2.45, 2.75) is 69.9 Å². The second-order valence-electron chi connectivity index (χ2n) is 8.85. The largest absolute Gasteiger partial charge is 0.456 e. The van der Waals surface area contributed by atoms with Crippen LogP contribution in [0.4, 0.5) is 0 Å². The zero-order chi connectivity index (χ0) is 20.0. The number of fused-ring (bicyclic) bond motifs is 6. The van der Waals surface area contributed by atoms with Gasteiger partial charge in [0.05, 0.1) is 6.10 Å². The first kappa shape index (κ1) is 19.9. The third kappa shape index (κ3) is 3.37. The minimum atomic E-state index is -1.27. The summed E-state index contributed by atoms with van der Waals surface area (Å²) in [7, 11) is 1.78. The third-order valence-electron chi connectivity index (χ3n) is 7.41. The Bertz CT molecular complexity index is 665. The van der Waals surface area contributed by atoms with Crippen LogP contribution in [0.15, 0.2) is 11.6 Å². The van der Waals surface area contributed by atoms with Gasteiger partial charge >= 0.3 is 5.97 Å². The van der Waals surface area contributed by atoms with Crippen molar-refractivity contribution in [1.82, 2.24) is 9.80 Å². The number of hydrogen-bond acceptors (Lipinski definition) is 6. The van der Waals surface area contributed by atoms with Crippen molar-refractivity contribution in [3.63, 3.8) is 0 Å². The lowest BCUT2D eigenvalue weighted by Crippen LogP contribution is -2.69. The van der Waals surface area contributed by atoms with Crippen molar-refractivity contribution in [1.29, 1.82) is 0 Å². The number of methoxy groups -OCH3 is 1. The van der Waals surface area contributed by atoms with E-state index in [1.165, 1.54) is 0 Å². The van der Waals surface area contributed by atoms with E-state index in [1.54, 1.807) is 27.0 Å². The first-order valence-electron chi connectivity index (χ1n) is 10.5. The maximum absolute atomic E-state index is 12.9. The number of rotatable bonds is 3. The van der Waals surface area contributed by atoms with Crippen LogP contribution in [0.3, 0.4) is 0 Å². The summed E-state index contributed by atoms with van der Waals surface area (Å²) >= 11 is 0. The van der Waals surface area contributed by atoms with Gasteiger partial charge in [-0.15, -0.1) is 0 Å². The molecule has 7 heteroatoms. The Kier molecular flexibility index (Phi) is 5.51. The summed E-state index contributed by atoms with van der Waals surface area (Å²) in [6.45, 7) is 6.15. The highest BCUT2D eigenvalue weighted by Crippen LogP contribution is 2.43. The van der Waals surface area contributed by atoms with Crippen molar-refractivity contribution >= 4 is 11.9 Å². The van der Waals surface area contributed by atoms with Gasteiger partial charge in [0.1, 0.15) is 6.10 Å². The Morgan fingerprint density at radius 2 is 1.93 bits per heavy atom. The van der Waals surface area contributed by atoms with E-state index in [-0.39, 0.29) is 11.9 Å². The molecule has 0 aromatic carbocycles. The summed E-state index contributed by atoms with van der Waals surface area (Å²) in [6, 6.07) is 0.491. The van der Waals surface area contributed by atoms with E-state index in [4.69, 9.17) is 9.47 Å². The van der Waals surface area contributed by atoms with Crippen LogP contribution in [0.5, 0.6) is 0 Å². The first-order valence-corrected chi connectivity index (χ1v) is 10.5. The number of aliphatic hydroxyl groups excluding tert-OH is 1. The molecule has 4 fully saturated rings. The normalized spacial score (nSPS) is 41.3. The molecule has 4 saturated heterocycles. The van der Waals surface area contributed by atoms with Crippen molar-refractivity contribution in [2.75, 3.05) is 26.7 Å². The molecule has 7 atom stereocenters. The van der Waals surface area contributed by atoms with E-state index < -0.39 is 18.2 Å². The lowest BCUT2D eigenvalue weighted by molar-refractivity contribution is -0.182. The minimum absolute atomic E-state index is 0.0389. The first-order chi connectivity index (χ1) is 13.4. The summed E-state index contributed by atoms with van der Waals surface area (Å²) in [5.41, 5.74) is 0.493. The lowest BCUT2D eigenvalue weighted by Gasteiger charge is -2.58. The van der Waals surface area contributed by atoms with Crippen LogP contribution in [0.2, 0.25) is 0 Å². The van der Waals surface area contributed by atoms with Gasteiger partial charge in [0, 0.05) is 50.8 Å². The van der Waals surface area contributed by atoms with Crippen molar-refractivity contribution in [3.05, 3.63) is 11.6 Å². The lowest BCUT2D eigenvalue weighted by atomic mass is 9.70. The monoisotopic (exact) mass is 392 g/mol. The van der Waals surface area contributed by atoms with Gasteiger partial charge in [-0.3, -0.25) is 9.69 Å². The maximum atomic E-state index is 12.9. The number of carbonyl (C=O) groups excluding carboxylic acids is 2. The highest BCUT2D eigenvalue weighted by molar-refractivity contribution is 5.89. The van der Waals surface area contributed by atoms with Crippen LogP contribution >= 0.6 is 0 Å². The quantitative estimate of drug-likeness (QED) is 0.569. The molecule has 0 aromatic heterocycles. The van der Waals surface area contributed by atoms with Gasteiger partial charge in [-0.1, -0.05) is 6.08 Å². The van der Waals surface area contributed by atoms with E-state index in [2.05, 4.69) is 4.90 Å². The van der Waals surface area contributed by atoms with Crippen LogP contribution in [0.25, 0.3) is 0 Å². The number of nitrogens with zero attached hydrogens (tertiary/aromatic N) is 2. The minimum Gasteiger partial charge on any atom is -0.456 e. The van der Waals surface area contributed by atoms with Crippen LogP contribution in [-0.4, -0.2) is 83.9 Å². The maximum Gasteiger partial charge on any atom is 0.333 e. The third-order valence-corrected chi connectivity index (χ3v) is 7.41. The summed E-state index contributed by atoms with van der Waals surface area (Å²) in [4.78, 5) is 29.6. The summed E-state index contributed by atoms with van der Waals surface area (Å²) in [5, 5.41) is 10.5.